The van der Waals surface area contributed by atoms with Crippen molar-refractivity contribution in [3.05, 3.63) is 134 Å². The third-order valence-electron chi connectivity index (χ3n) is 14.6. The highest BCUT2D eigenvalue weighted by Crippen LogP contribution is 2.16. The molecule has 0 aliphatic heterocycles. The highest BCUT2D eigenvalue weighted by atomic mass is 16.6. The van der Waals surface area contributed by atoms with Gasteiger partial charge in [0.15, 0.2) is 6.10 Å². The number of hydrogen-bond acceptors (Lipinski definition) is 6. The topological polar surface area (TPSA) is 78.9 Å². The Morgan fingerprint density at radius 3 is 0.735 bits per heavy atom. The van der Waals surface area contributed by atoms with E-state index in [0.29, 0.717) is 19.3 Å². The fourth-order valence-electron chi connectivity index (χ4n) is 9.49. The second-order valence-corrected chi connectivity index (χ2v) is 22.7. The van der Waals surface area contributed by atoms with Crippen LogP contribution in [0.1, 0.15) is 316 Å². The van der Waals surface area contributed by atoms with Crippen LogP contribution in [0.4, 0.5) is 0 Å². The monoisotopic (exact) mass is 1150 g/mol. The summed E-state index contributed by atoms with van der Waals surface area (Å²) >= 11 is 0. The minimum atomic E-state index is -0.797. The van der Waals surface area contributed by atoms with Gasteiger partial charge in [0, 0.05) is 19.3 Å². The van der Waals surface area contributed by atoms with Gasteiger partial charge >= 0.3 is 17.9 Å². The fraction of sp³-hybridized carbons (Fsp3) is 0.675. The maximum absolute atomic E-state index is 13.0. The van der Waals surface area contributed by atoms with Crippen LogP contribution in [0.5, 0.6) is 0 Å². The van der Waals surface area contributed by atoms with E-state index in [2.05, 4.69) is 154 Å². The number of carbonyl (C=O) groups excluding carboxylic acids is 3. The Morgan fingerprint density at radius 2 is 0.470 bits per heavy atom. The molecule has 0 radical (unpaired) electrons. The fourth-order valence-corrected chi connectivity index (χ4v) is 9.49. The predicted molar refractivity (Wildman–Crippen MR) is 362 cm³/mol. The zero-order chi connectivity index (χ0) is 59.9. The van der Waals surface area contributed by atoms with Gasteiger partial charge in [-0.15, -0.1) is 0 Å². The number of allylic oxidation sites excluding steroid dienone is 22. The molecule has 0 N–H and O–H groups in total. The Balaban J connectivity index is 4.38. The predicted octanol–water partition coefficient (Wildman–Crippen LogP) is 24.1. The minimum absolute atomic E-state index is 0.0915. The molecule has 0 saturated carbocycles. The van der Waals surface area contributed by atoms with Gasteiger partial charge in [0.2, 0.25) is 0 Å². The van der Waals surface area contributed by atoms with Gasteiger partial charge in [-0.25, -0.2) is 0 Å². The van der Waals surface area contributed by atoms with E-state index in [9.17, 15) is 14.4 Å². The molecular formula is C77H128O6. The number of rotatable bonds is 62. The lowest BCUT2D eigenvalue weighted by Crippen LogP contribution is -2.30. The average molecular weight is 1150 g/mol. The molecule has 1 unspecified atom stereocenters. The normalized spacial score (nSPS) is 13.0. The van der Waals surface area contributed by atoms with Gasteiger partial charge in [-0.05, 0) is 135 Å². The molecule has 0 aromatic rings. The summed E-state index contributed by atoms with van der Waals surface area (Å²) in [5, 5.41) is 0. The molecule has 0 heterocycles. The third kappa shape index (κ3) is 68.2. The Morgan fingerprint density at radius 1 is 0.253 bits per heavy atom. The van der Waals surface area contributed by atoms with Gasteiger partial charge in [0.1, 0.15) is 13.2 Å². The summed E-state index contributed by atoms with van der Waals surface area (Å²) in [6.45, 7) is 6.40. The quantitative estimate of drug-likeness (QED) is 0.0261. The van der Waals surface area contributed by atoms with E-state index in [1.54, 1.807) is 0 Å². The molecule has 0 aromatic carbocycles. The molecule has 0 rings (SSSR count). The second kappa shape index (κ2) is 70.0. The molecule has 6 heteroatoms. The Bertz CT molecular complexity index is 1750. The Hall–Kier alpha value is -4.45. The summed E-state index contributed by atoms with van der Waals surface area (Å²) in [4.78, 5) is 38.5. The van der Waals surface area contributed by atoms with E-state index in [1.165, 1.54) is 128 Å². The highest BCUT2D eigenvalue weighted by molar-refractivity contribution is 5.71. The summed E-state index contributed by atoms with van der Waals surface area (Å²) in [6.07, 6.45) is 98.9. The maximum Gasteiger partial charge on any atom is 0.306 e. The lowest BCUT2D eigenvalue weighted by atomic mass is 10.0. The number of ether oxygens (including phenoxy) is 3. The van der Waals surface area contributed by atoms with Crippen molar-refractivity contribution < 1.29 is 28.6 Å². The number of hydrogen-bond donors (Lipinski definition) is 0. The van der Waals surface area contributed by atoms with Gasteiger partial charge in [0.05, 0.1) is 0 Å². The van der Waals surface area contributed by atoms with Crippen molar-refractivity contribution in [3.8, 4) is 0 Å². The average Bonchev–Trinajstić information content (AvgIpc) is 3.49. The van der Waals surface area contributed by atoms with Crippen LogP contribution >= 0.6 is 0 Å². The molecule has 472 valence electrons. The molecule has 0 spiro atoms. The van der Waals surface area contributed by atoms with Crippen LogP contribution < -0.4 is 0 Å². The standard InChI is InChI=1S/C77H128O6/c1-4-7-10-13-16-19-22-25-28-30-32-34-36-37-38-39-41-42-44-46-49-52-55-58-61-64-67-70-76(79)82-73-74(72-81-75(78)69-66-63-60-57-54-51-48-27-24-21-18-15-12-9-6-3)83-77(80)71-68-65-62-59-56-53-50-47-45-43-40-35-33-31-29-26-23-20-17-14-11-8-5-2/h7,9-10,12,16,18-19,21,23,25-28,31-34,37-38,41-42,48,74H,4-6,8,11,13-15,17,20,22,24,29-30,35-36,39-40,43-47,49-73H2,1-3H3/b10-7-,12-9-,19-16-,21-18-,26-23-,28-25-,33-31-,34-32-,38-37-,42-41-,48-27-. The lowest BCUT2D eigenvalue weighted by Gasteiger charge is -2.18. The van der Waals surface area contributed by atoms with E-state index in [1.807, 2.05) is 0 Å². The first kappa shape index (κ1) is 78.5. The van der Waals surface area contributed by atoms with Crippen LogP contribution in [0, 0.1) is 0 Å². The highest BCUT2D eigenvalue weighted by Gasteiger charge is 2.19. The van der Waals surface area contributed by atoms with Gasteiger partial charge in [-0.2, -0.15) is 0 Å². The summed E-state index contributed by atoms with van der Waals surface area (Å²) in [7, 11) is 0. The third-order valence-corrected chi connectivity index (χ3v) is 14.6. The molecule has 0 aliphatic carbocycles. The lowest BCUT2D eigenvalue weighted by molar-refractivity contribution is -0.167. The van der Waals surface area contributed by atoms with Crippen molar-refractivity contribution in [1.82, 2.24) is 0 Å². The molecule has 83 heavy (non-hydrogen) atoms. The molecule has 0 fully saturated rings. The van der Waals surface area contributed by atoms with Crippen molar-refractivity contribution >= 4 is 17.9 Å². The SMILES string of the molecule is CC/C=C\C/C=C\C/C=C\C/C=C\C/C=C\C/C=C\CCCCCCCCCCC(=O)OCC(COC(=O)CCCCCCC/C=C\C/C=C\C/C=C\CC)OC(=O)CCCCCCCCCCCCC/C=C\C/C=C\CCCCCCC. The van der Waals surface area contributed by atoms with Crippen LogP contribution in [-0.4, -0.2) is 37.2 Å². The first-order valence-corrected chi connectivity index (χ1v) is 34.7. The number of carbonyl (C=O) groups is 3. The largest absolute Gasteiger partial charge is 0.462 e. The Kier molecular flexibility index (Phi) is 66.3. The van der Waals surface area contributed by atoms with E-state index < -0.39 is 6.10 Å². The van der Waals surface area contributed by atoms with Crippen molar-refractivity contribution in [3.63, 3.8) is 0 Å². The van der Waals surface area contributed by atoms with Crippen LogP contribution in [0.3, 0.4) is 0 Å². The molecule has 0 bridgehead atoms. The van der Waals surface area contributed by atoms with E-state index in [0.717, 1.165) is 148 Å². The molecule has 6 nitrogen and oxygen atoms in total. The summed E-state index contributed by atoms with van der Waals surface area (Å²) in [5.74, 6) is -0.911. The van der Waals surface area contributed by atoms with Gasteiger partial charge in [0.25, 0.3) is 0 Å². The van der Waals surface area contributed by atoms with Crippen LogP contribution in [0.15, 0.2) is 134 Å². The number of esters is 3. The first-order valence-electron chi connectivity index (χ1n) is 34.7. The number of unbranched alkanes of at least 4 members (excludes halogenated alkanes) is 29. The van der Waals surface area contributed by atoms with E-state index >= 15 is 0 Å². The van der Waals surface area contributed by atoms with Crippen molar-refractivity contribution in [2.75, 3.05) is 13.2 Å². The molecule has 0 aromatic heterocycles. The summed E-state index contributed by atoms with van der Waals surface area (Å²) in [5.41, 5.74) is 0. The first-order chi connectivity index (χ1) is 41.0. The van der Waals surface area contributed by atoms with Crippen LogP contribution in [-0.2, 0) is 28.6 Å². The van der Waals surface area contributed by atoms with E-state index in [-0.39, 0.29) is 31.1 Å². The van der Waals surface area contributed by atoms with Crippen molar-refractivity contribution in [1.29, 1.82) is 0 Å². The minimum Gasteiger partial charge on any atom is -0.462 e. The second-order valence-electron chi connectivity index (χ2n) is 22.7. The van der Waals surface area contributed by atoms with Gasteiger partial charge in [-0.3, -0.25) is 14.4 Å². The van der Waals surface area contributed by atoms with Crippen molar-refractivity contribution in [2.45, 2.75) is 322 Å². The zero-order valence-electron chi connectivity index (χ0n) is 54.2. The van der Waals surface area contributed by atoms with Crippen LogP contribution in [0.2, 0.25) is 0 Å². The smallest absolute Gasteiger partial charge is 0.306 e. The Labute approximate surface area is 513 Å². The molecule has 0 saturated heterocycles. The summed E-state index contributed by atoms with van der Waals surface area (Å²) in [6, 6.07) is 0. The molecular weight excluding hydrogens is 1020 g/mol. The van der Waals surface area contributed by atoms with Gasteiger partial charge in [-0.1, -0.05) is 296 Å². The van der Waals surface area contributed by atoms with E-state index in [4.69, 9.17) is 14.2 Å². The van der Waals surface area contributed by atoms with Crippen molar-refractivity contribution in [2.24, 2.45) is 0 Å². The van der Waals surface area contributed by atoms with Crippen LogP contribution in [0.25, 0.3) is 0 Å². The molecule has 1 atom stereocenters. The summed E-state index contributed by atoms with van der Waals surface area (Å²) < 4.78 is 17.0. The van der Waals surface area contributed by atoms with Gasteiger partial charge < -0.3 is 14.2 Å². The molecule has 0 aliphatic rings. The molecule has 0 amide bonds. The maximum atomic E-state index is 13.0. The zero-order valence-corrected chi connectivity index (χ0v) is 54.2.